The van der Waals surface area contributed by atoms with Gasteiger partial charge in [-0.2, -0.15) is 11.8 Å². The Balaban J connectivity index is 2.34. The molecule has 1 aromatic carbocycles. The van der Waals surface area contributed by atoms with E-state index in [0.29, 0.717) is 6.54 Å². The molecule has 104 valence electrons. The molecule has 2 nitrogen and oxygen atoms in total. The van der Waals surface area contributed by atoms with Crippen LogP contribution in [0.2, 0.25) is 0 Å². The van der Waals surface area contributed by atoms with Gasteiger partial charge in [-0.3, -0.25) is 4.79 Å². The smallest absolute Gasteiger partial charge is 0.260 e. The first kappa shape index (κ1) is 14.8. The zero-order chi connectivity index (χ0) is 14.2. The van der Waals surface area contributed by atoms with Crippen LogP contribution in [-0.2, 0) is 0 Å². The lowest BCUT2D eigenvalue weighted by Crippen LogP contribution is -2.48. The number of halogens is 3. The number of rotatable bonds is 1. The highest BCUT2D eigenvalue weighted by Gasteiger charge is 2.32. The average Bonchev–Trinajstić information content (AvgIpc) is 2.31. The van der Waals surface area contributed by atoms with E-state index in [9.17, 15) is 13.6 Å². The molecule has 1 aliphatic heterocycles. The Labute approximate surface area is 123 Å². The highest BCUT2D eigenvalue weighted by molar-refractivity contribution is 9.10. The Morgan fingerprint density at radius 3 is 2.53 bits per heavy atom. The van der Waals surface area contributed by atoms with Crippen LogP contribution in [0.25, 0.3) is 0 Å². The molecule has 0 aliphatic carbocycles. The van der Waals surface area contributed by atoms with E-state index in [2.05, 4.69) is 15.9 Å². The summed E-state index contributed by atoms with van der Waals surface area (Å²) in [7, 11) is 0. The lowest BCUT2D eigenvalue weighted by atomic mass is 10.1. The highest BCUT2D eigenvalue weighted by Crippen LogP contribution is 2.27. The third-order valence-electron chi connectivity index (χ3n) is 3.37. The van der Waals surface area contributed by atoms with Gasteiger partial charge in [0.1, 0.15) is 17.2 Å². The number of thioether (sulfide) groups is 1. The van der Waals surface area contributed by atoms with Crippen LogP contribution < -0.4 is 0 Å². The number of amides is 1. The molecule has 0 spiro atoms. The maximum absolute atomic E-state index is 13.8. The van der Waals surface area contributed by atoms with Crippen molar-refractivity contribution in [1.82, 2.24) is 4.90 Å². The average molecular weight is 350 g/mol. The van der Waals surface area contributed by atoms with Gasteiger partial charge in [-0.05, 0) is 19.1 Å². The first-order valence-electron chi connectivity index (χ1n) is 5.99. The van der Waals surface area contributed by atoms with E-state index >= 15 is 0 Å². The summed E-state index contributed by atoms with van der Waals surface area (Å²) in [5, 5.41) is 0.263. The molecule has 1 aliphatic rings. The van der Waals surface area contributed by atoms with E-state index in [1.54, 1.807) is 16.7 Å². The molecule has 0 radical (unpaired) electrons. The molecule has 1 fully saturated rings. The molecule has 6 heteroatoms. The molecule has 1 amide bonds. The van der Waals surface area contributed by atoms with Gasteiger partial charge in [-0.25, -0.2) is 8.78 Å². The number of nitrogens with zero attached hydrogens (tertiary/aromatic N) is 1. The summed E-state index contributed by atoms with van der Waals surface area (Å²) in [6, 6.07) is 2.19. The molecule has 2 unspecified atom stereocenters. The zero-order valence-electron chi connectivity index (χ0n) is 10.6. The molecule has 1 heterocycles. The summed E-state index contributed by atoms with van der Waals surface area (Å²) in [5.41, 5.74) is -0.464. The fourth-order valence-electron chi connectivity index (χ4n) is 2.11. The molecule has 0 bridgehead atoms. The monoisotopic (exact) mass is 349 g/mol. The summed E-state index contributed by atoms with van der Waals surface area (Å²) >= 11 is 4.77. The molecular formula is C13H14BrF2NOS. The second-order valence-electron chi connectivity index (χ2n) is 4.56. The zero-order valence-corrected chi connectivity index (χ0v) is 13.0. The van der Waals surface area contributed by atoms with Gasteiger partial charge in [0, 0.05) is 28.1 Å². The Morgan fingerprint density at radius 2 is 1.95 bits per heavy atom. The molecule has 19 heavy (non-hydrogen) atoms. The van der Waals surface area contributed by atoms with Gasteiger partial charge in [0.2, 0.25) is 0 Å². The van der Waals surface area contributed by atoms with Crippen molar-refractivity contribution < 1.29 is 13.6 Å². The van der Waals surface area contributed by atoms with Gasteiger partial charge in [0.15, 0.2) is 0 Å². The van der Waals surface area contributed by atoms with Crippen molar-refractivity contribution in [3.63, 3.8) is 0 Å². The van der Waals surface area contributed by atoms with E-state index in [0.717, 1.165) is 17.9 Å². The van der Waals surface area contributed by atoms with E-state index in [1.165, 1.54) is 0 Å². The Hall–Kier alpha value is -0.620. The maximum atomic E-state index is 13.8. The first-order chi connectivity index (χ1) is 8.91. The highest BCUT2D eigenvalue weighted by atomic mass is 79.9. The van der Waals surface area contributed by atoms with E-state index in [1.807, 2.05) is 13.8 Å². The summed E-state index contributed by atoms with van der Waals surface area (Å²) in [6.45, 7) is 4.44. The van der Waals surface area contributed by atoms with Gasteiger partial charge in [-0.1, -0.05) is 22.9 Å². The molecule has 0 aromatic heterocycles. The summed E-state index contributed by atoms with van der Waals surface area (Å²) in [4.78, 5) is 13.9. The second kappa shape index (κ2) is 5.79. The third kappa shape index (κ3) is 2.94. The number of carbonyl (C=O) groups is 1. The lowest BCUT2D eigenvalue weighted by Gasteiger charge is -2.37. The minimum Gasteiger partial charge on any atom is -0.334 e. The van der Waals surface area contributed by atoms with Crippen LogP contribution in [0.5, 0.6) is 0 Å². The number of hydrogen-bond donors (Lipinski definition) is 0. The van der Waals surface area contributed by atoms with Crippen LogP contribution in [0.3, 0.4) is 0 Å². The number of benzene rings is 1. The molecule has 0 N–H and O–H groups in total. The van der Waals surface area contributed by atoms with Gasteiger partial charge in [0.25, 0.3) is 5.91 Å². The number of hydrogen-bond acceptors (Lipinski definition) is 2. The van der Waals surface area contributed by atoms with Crippen LogP contribution in [0.4, 0.5) is 8.78 Å². The van der Waals surface area contributed by atoms with Crippen molar-refractivity contribution in [2.45, 2.75) is 25.1 Å². The van der Waals surface area contributed by atoms with Gasteiger partial charge >= 0.3 is 0 Å². The summed E-state index contributed by atoms with van der Waals surface area (Å²) in [5.74, 6) is -1.43. The molecule has 2 rings (SSSR count). The fraction of sp³-hybridized carbons (Fsp3) is 0.462. The van der Waals surface area contributed by atoms with Gasteiger partial charge in [-0.15, -0.1) is 0 Å². The van der Waals surface area contributed by atoms with E-state index in [4.69, 9.17) is 0 Å². The van der Waals surface area contributed by atoms with Crippen LogP contribution in [0.1, 0.15) is 24.2 Å². The third-order valence-corrected chi connectivity index (χ3v) is 5.16. The summed E-state index contributed by atoms with van der Waals surface area (Å²) in [6.07, 6.45) is 0. The van der Waals surface area contributed by atoms with E-state index in [-0.39, 0.29) is 15.8 Å². The van der Waals surface area contributed by atoms with Crippen molar-refractivity contribution >= 4 is 33.6 Å². The van der Waals surface area contributed by atoms with Crippen LogP contribution in [0, 0.1) is 11.6 Å². The van der Waals surface area contributed by atoms with Crippen LogP contribution >= 0.6 is 27.7 Å². The fourth-order valence-corrected chi connectivity index (χ4v) is 3.61. The molecule has 1 saturated heterocycles. The van der Waals surface area contributed by atoms with Crippen molar-refractivity contribution in [2.75, 3.05) is 12.3 Å². The second-order valence-corrected chi connectivity index (χ2v) is 6.96. The van der Waals surface area contributed by atoms with Crippen molar-refractivity contribution in [1.29, 1.82) is 0 Å². The Kier molecular flexibility index (Phi) is 4.50. The Morgan fingerprint density at radius 1 is 1.37 bits per heavy atom. The first-order valence-corrected chi connectivity index (χ1v) is 7.83. The predicted molar refractivity (Wildman–Crippen MR) is 76.5 cm³/mol. The van der Waals surface area contributed by atoms with Crippen LogP contribution in [-0.4, -0.2) is 34.4 Å². The lowest BCUT2D eigenvalue weighted by molar-refractivity contribution is 0.0688. The molecular weight excluding hydrogens is 336 g/mol. The minimum absolute atomic E-state index is 0.0336. The van der Waals surface area contributed by atoms with Crippen LogP contribution in [0.15, 0.2) is 16.6 Å². The SMILES string of the molecule is CC1SCCN(C(=O)c2c(F)cc(Br)cc2F)C1C. The standard InChI is InChI=1S/C13H14BrF2NOS/c1-7-8(2)19-4-3-17(7)13(18)12-10(15)5-9(14)6-11(12)16/h5-8H,3-4H2,1-2H3. The quantitative estimate of drug-likeness (QED) is 0.770. The topological polar surface area (TPSA) is 20.3 Å². The summed E-state index contributed by atoms with van der Waals surface area (Å²) < 4.78 is 27.9. The minimum atomic E-state index is -0.824. The molecule has 0 saturated carbocycles. The normalized spacial score (nSPS) is 23.5. The van der Waals surface area contributed by atoms with Crippen molar-refractivity contribution in [2.24, 2.45) is 0 Å². The Bertz CT molecular complexity index is 488. The molecule has 1 aromatic rings. The van der Waals surface area contributed by atoms with Gasteiger partial charge < -0.3 is 4.90 Å². The van der Waals surface area contributed by atoms with E-state index < -0.39 is 23.1 Å². The van der Waals surface area contributed by atoms with Crippen molar-refractivity contribution in [3.05, 3.63) is 33.8 Å². The largest absolute Gasteiger partial charge is 0.334 e. The predicted octanol–water partition coefficient (Wildman–Crippen LogP) is 3.69. The number of carbonyl (C=O) groups excluding carboxylic acids is 1. The maximum Gasteiger partial charge on any atom is 0.260 e. The van der Waals surface area contributed by atoms with Crippen molar-refractivity contribution in [3.8, 4) is 0 Å². The molecule has 2 atom stereocenters. The van der Waals surface area contributed by atoms with Gasteiger partial charge in [0.05, 0.1) is 0 Å².